The lowest BCUT2D eigenvalue weighted by Gasteiger charge is -2.20. The van der Waals surface area contributed by atoms with Gasteiger partial charge in [-0.25, -0.2) is 9.48 Å². The zero-order valence-electron chi connectivity index (χ0n) is 13.8. The van der Waals surface area contributed by atoms with E-state index >= 15 is 0 Å². The van der Waals surface area contributed by atoms with Crippen molar-refractivity contribution in [1.29, 1.82) is 0 Å². The molecule has 0 aliphatic rings. The number of nitrogens with one attached hydrogen (secondary N) is 2. The molecule has 120 valence electrons. The van der Waals surface area contributed by atoms with Gasteiger partial charge in [-0.3, -0.25) is 0 Å². The maximum atomic E-state index is 11.5. The van der Waals surface area contributed by atoms with Crippen molar-refractivity contribution in [2.24, 2.45) is 0 Å². The Kier molecular flexibility index (Phi) is 5.46. The standard InChI is InChI=1S/C14H27N5O2/c1-9(2)19-12(11(15)10(3)18-19)16-7-8-17-13(20)21-14(4,5)6/h9,16H,7-8,15H2,1-6H3,(H,17,20). The molecule has 0 spiro atoms. The van der Waals surface area contributed by atoms with Gasteiger partial charge in [0.2, 0.25) is 0 Å². The van der Waals surface area contributed by atoms with Crippen molar-refractivity contribution in [1.82, 2.24) is 15.1 Å². The molecule has 1 rings (SSSR count). The number of anilines is 2. The van der Waals surface area contributed by atoms with Gasteiger partial charge in [-0.1, -0.05) is 0 Å². The molecule has 0 aliphatic carbocycles. The third kappa shape index (κ3) is 5.17. The second-order valence-electron chi connectivity index (χ2n) is 6.24. The van der Waals surface area contributed by atoms with Crippen LogP contribution in [0.1, 0.15) is 46.4 Å². The fourth-order valence-corrected chi connectivity index (χ4v) is 1.77. The summed E-state index contributed by atoms with van der Waals surface area (Å²) in [5, 5.41) is 10.3. The average Bonchev–Trinajstić information content (AvgIpc) is 2.60. The molecule has 4 N–H and O–H groups in total. The van der Waals surface area contributed by atoms with E-state index in [2.05, 4.69) is 15.7 Å². The first kappa shape index (κ1) is 17.1. The Morgan fingerprint density at radius 1 is 1.38 bits per heavy atom. The highest BCUT2D eigenvalue weighted by Gasteiger charge is 2.16. The zero-order chi connectivity index (χ0) is 16.2. The molecule has 0 aromatic carbocycles. The summed E-state index contributed by atoms with van der Waals surface area (Å²) in [5.74, 6) is 0.786. The van der Waals surface area contributed by atoms with Crippen LogP contribution in [-0.4, -0.2) is 34.6 Å². The minimum Gasteiger partial charge on any atom is -0.444 e. The van der Waals surface area contributed by atoms with Crippen molar-refractivity contribution in [3.05, 3.63) is 5.69 Å². The second kappa shape index (κ2) is 6.69. The van der Waals surface area contributed by atoms with Crippen molar-refractivity contribution in [3.63, 3.8) is 0 Å². The van der Waals surface area contributed by atoms with Crippen molar-refractivity contribution < 1.29 is 9.53 Å². The first-order valence-corrected chi connectivity index (χ1v) is 7.17. The number of hydrogen-bond acceptors (Lipinski definition) is 5. The Morgan fingerprint density at radius 2 is 2.00 bits per heavy atom. The number of nitrogens with zero attached hydrogens (tertiary/aromatic N) is 2. The number of ether oxygens (including phenoxy) is 1. The Hall–Kier alpha value is -1.92. The van der Waals surface area contributed by atoms with Crippen LogP contribution in [0.3, 0.4) is 0 Å². The Balaban J connectivity index is 2.48. The number of nitrogen functional groups attached to an aromatic ring is 1. The molecule has 0 aliphatic heterocycles. The zero-order valence-corrected chi connectivity index (χ0v) is 13.8. The molecule has 0 bridgehead atoms. The number of carbonyl (C=O) groups excluding carboxylic acids is 1. The predicted molar refractivity (Wildman–Crippen MR) is 84.5 cm³/mol. The second-order valence-corrected chi connectivity index (χ2v) is 6.24. The number of carbonyl (C=O) groups is 1. The maximum Gasteiger partial charge on any atom is 0.407 e. The summed E-state index contributed by atoms with van der Waals surface area (Å²) in [5.41, 5.74) is 6.96. The van der Waals surface area contributed by atoms with E-state index < -0.39 is 11.7 Å². The van der Waals surface area contributed by atoms with Crippen LogP contribution in [-0.2, 0) is 4.74 Å². The van der Waals surface area contributed by atoms with Gasteiger partial charge in [-0.05, 0) is 41.5 Å². The molecule has 0 saturated carbocycles. The fraction of sp³-hybridized carbons (Fsp3) is 0.714. The predicted octanol–water partition coefficient (Wildman–Crippen LogP) is 2.29. The molecular formula is C14H27N5O2. The minimum absolute atomic E-state index is 0.210. The van der Waals surface area contributed by atoms with Crippen molar-refractivity contribution in [3.8, 4) is 0 Å². The molecule has 7 heteroatoms. The first-order chi connectivity index (χ1) is 9.61. The summed E-state index contributed by atoms with van der Waals surface area (Å²) < 4.78 is 7.01. The number of nitrogens with two attached hydrogens (primary N) is 1. The highest BCUT2D eigenvalue weighted by molar-refractivity contribution is 5.68. The average molecular weight is 297 g/mol. The molecule has 1 amide bonds. The van der Waals surface area contributed by atoms with E-state index in [1.165, 1.54) is 0 Å². The monoisotopic (exact) mass is 297 g/mol. The van der Waals surface area contributed by atoms with Gasteiger partial charge in [0.15, 0.2) is 0 Å². The number of aromatic nitrogens is 2. The molecule has 1 aromatic heterocycles. The molecular weight excluding hydrogens is 270 g/mol. The summed E-state index contributed by atoms with van der Waals surface area (Å²) >= 11 is 0. The van der Waals surface area contributed by atoms with E-state index in [-0.39, 0.29) is 6.04 Å². The van der Waals surface area contributed by atoms with Gasteiger partial charge < -0.3 is 21.1 Å². The van der Waals surface area contributed by atoms with Crippen molar-refractivity contribution in [2.45, 2.75) is 53.2 Å². The van der Waals surface area contributed by atoms with Crippen LogP contribution in [0.2, 0.25) is 0 Å². The lowest BCUT2D eigenvalue weighted by molar-refractivity contribution is 0.0530. The van der Waals surface area contributed by atoms with Gasteiger partial charge in [0.1, 0.15) is 11.4 Å². The van der Waals surface area contributed by atoms with E-state index in [9.17, 15) is 4.79 Å². The molecule has 0 fully saturated rings. The summed E-state index contributed by atoms with van der Waals surface area (Å²) in [4.78, 5) is 11.5. The van der Waals surface area contributed by atoms with Gasteiger partial charge in [-0.15, -0.1) is 0 Å². The number of rotatable bonds is 5. The van der Waals surface area contributed by atoms with E-state index in [4.69, 9.17) is 10.5 Å². The maximum absolute atomic E-state index is 11.5. The van der Waals surface area contributed by atoms with Crippen LogP contribution in [0.4, 0.5) is 16.3 Å². The summed E-state index contributed by atoms with van der Waals surface area (Å²) in [7, 11) is 0. The molecule has 7 nitrogen and oxygen atoms in total. The van der Waals surface area contributed by atoms with E-state index in [1.54, 1.807) is 0 Å². The fourth-order valence-electron chi connectivity index (χ4n) is 1.77. The third-order valence-corrected chi connectivity index (χ3v) is 2.71. The molecule has 21 heavy (non-hydrogen) atoms. The lowest BCUT2D eigenvalue weighted by Crippen LogP contribution is -2.35. The third-order valence-electron chi connectivity index (χ3n) is 2.71. The largest absolute Gasteiger partial charge is 0.444 e. The van der Waals surface area contributed by atoms with Gasteiger partial charge >= 0.3 is 6.09 Å². The Morgan fingerprint density at radius 3 is 2.52 bits per heavy atom. The van der Waals surface area contributed by atoms with Crippen LogP contribution in [0.5, 0.6) is 0 Å². The minimum atomic E-state index is -0.491. The van der Waals surface area contributed by atoms with Gasteiger partial charge in [0.05, 0.1) is 11.4 Å². The molecule has 0 radical (unpaired) electrons. The van der Waals surface area contributed by atoms with Crippen LogP contribution in [0.15, 0.2) is 0 Å². The molecule has 1 aromatic rings. The Bertz CT molecular complexity index is 488. The smallest absolute Gasteiger partial charge is 0.407 e. The SMILES string of the molecule is Cc1nn(C(C)C)c(NCCNC(=O)OC(C)(C)C)c1N. The summed E-state index contributed by atoms with van der Waals surface area (Å²) in [6.45, 7) is 12.4. The molecule has 0 unspecified atom stereocenters. The van der Waals surface area contributed by atoms with E-state index in [1.807, 2.05) is 46.2 Å². The number of aryl methyl sites for hydroxylation is 1. The normalized spacial score (nSPS) is 11.6. The topological polar surface area (TPSA) is 94.2 Å². The van der Waals surface area contributed by atoms with Crippen LogP contribution in [0.25, 0.3) is 0 Å². The quantitative estimate of drug-likeness (QED) is 0.725. The van der Waals surface area contributed by atoms with Crippen LogP contribution >= 0.6 is 0 Å². The molecule has 0 atom stereocenters. The van der Waals surface area contributed by atoms with E-state index in [0.29, 0.717) is 18.8 Å². The number of hydrogen-bond donors (Lipinski definition) is 3. The van der Waals surface area contributed by atoms with Gasteiger partial charge in [-0.2, -0.15) is 5.10 Å². The van der Waals surface area contributed by atoms with Crippen molar-refractivity contribution in [2.75, 3.05) is 24.1 Å². The molecule has 1 heterocycles. The summed E-state index contributed by atoms with van der Waals surface area (Å²) in [6.07, 6.45) is -0.425. The number of amides is 1. The molecule has 0 saturated heterocycles. The lowest BCUT2D eigenvalue weighted by atomic mass is 10.2. The Labute approximate surface area is 126 Å². The van der Waals surface area contributed by atoms with E-state index in [0.717, 1.165) is 11.5 Å². The summed E-state index contributed by atoms with van der Waals surface area (Å²) in [6, 6.07) is 0.210. The van der Waals surface area contributed by atoms with Crippen LogP contribution in [0, 0.1) is 6.92 Å². The highest BCUT2D eigenvalue weighted by Crippen LogP contribution is 2.25. The number of alkyl carbamates (subject to hydrolysis) is 1. The van der Waals surface area contributed by atoms with Gasteiger partial charge in [0.25, 0.3) is 0 Å². The van der Waals surface area contributed by atoms with Crippen LogP contribution < -0.4 is 16.4 Å². The highest BCUT2D eigenvalue weighted by atomic mass is 16.6. The van der Waals surface area contributed by atoms with Gasteiger partial charge in [0, 0.05) is 19.1 Å². The van der Waals surface area contributed by atoms with Crippen molar-refractivity contribution >= 4 is 17.6 Å². The first-order valence-electron chi connectivity index (χ1n) is 7.17.